The van der Waals surface area contributed by atoms with E-state index >= 15 is 0 Å². The first-order valence-corrected chi connectivity index (χ1v) is 6.98. The first kappa shape index (κ1) is 15.8. The second-order valence-electron chi connectivity index (χ2n) is 5.11. The topological polar surface area (TPSA) is 71.8 Å². The van der Waals surface area contributed by atoms with Gasteiger partial charge in [0.15, 0.2) is 0 Å². The number of amides is 1. The molecule has 2 heterocycles. The molecule has 0 saturated heterocycles. The van der Waals surface area contributed by atoms with Crippen LogP contribution in [-0.4, -0.2) is 15.9 Å². The first-order valence-electron chi connectivity index (χ1n) is 6.98. The number of benzene rings is 1. The van der Waals surface area contributed by atoms with E-state index in [1.807, 2.05) is 0 Å². The van der Waals surface area contributed by atoms with Gasteiger partial charge >= 0.3 is 6.18 Å². The van der Waals surface area contributed by atoms with E-state index in [-0.39, 0.29) is 11.1 Å². The summed E-state index contributed by atoms with van der Waals surface area (Å²) in [7, 11) is 0. The normalized spacial score (nSPS) is 12.5. The second kappa shape index (κ2) is 5.84. The van der Waals surface area contributed by atoms with Crippen molar-refractivity contribution in [1.82, 2.24) is 9.97 Å². The van der Waals surface area contributed by atoms with Crippen molar-refractivity contribution in [1.29, 1.82) is 0 Å². The summed E-state index contributed by atoms with van der Waals surface area (Å²) >= 11 is 0. The number of primary amides is 1. The fourth-order valence-corrected chi connectivity index (χ4v) is 2.50. The number of pyridine rings is 1. The molecule has 122 valence electrons. The van der Waals surface area contributed by atoms with Crippen molar-refractivity contribution >= 4 is 28.6 Å². The molecule has 2 aromatic heterocycles. The summed E-state index contributed by atoms with van der Waals surface area (Å²) in [6.07, 6.45) is -0.0998. The predicted molar refractivity (Wildman–Crippen MR) is 84.6 cm³/mol. The summed E-state index contributed by atoms with van der Waals surface area (Å²) in [6, 6.07) is 8.29. The quantitative estimate of drug-likeness (QED) is 0.720. The highest BCUT2D eigenvalue weighted by Gasteiger charge is 2.34. The van der Waals surface area contributed by atoms with Gasteiger partial charge in [-0.15, -0.1) is 0 Å². The number of carbonyl (C=O) groups excluding carboxylic acids is 1. The SMILES string of the molecule is NC(=O)/C(=C/c1c[nH]c2ncccc12)c1ccccc1C(F)(F)F. The third-order valence-electron chi connectivity index (χ3n) is 3.57. The number of hydrogen-bond acceptors (Lipinski definition) is 2. The zero-order valence-corrected chi connectivity index (χ0v) is 12.3. The molecule has 0 spiro atoms. The van der Waals surface area contributed by atoms with Gasteiger partial charge in [-0.05, 0) is 29.8 Å². The second-order valence-corrected chi connectivity index (χ2v) is 5.11. The Morgan fingerprint density at radius 3 is 2.62 bits per heavy atom. The molecule has 7 heteroatoms. The number of aromatic amines is 1. The van der Waals surface area contributed by atoms with Crippen LogP contribution in [0, 0.1) is 0 Å². The maximum atomic E-state index is 13.2. The smallest absolute Gasteiger partial charge is 0.366 e. The van der Waals surface area contributed by atoms with E-state index < -0.39 is 17.6 Å². The van der Waals surface area contributed by atoms with Gasteiger partial charge in [-0.3, -0.25) is 4.79 Å². The van der Waals surface area contributed by atoms with E-state index in [1.165, 1.54) is 24.3 Å². The van der Waals surface area contributed by atoms with Gasteiger partial charge in [0.25, 0.3) is 0 Å². The summed E-state index contributed by atoms with van der Waals surface area (Å²) in [5.41, 5.74) is 5.06. The van der Waals surface area contributed by atoms with Crippen molar-refractivity contribution < 1.29 is 18.0 Å². The standard InChI is InChI=1S/C17H12F3N3O/c18-17(19,20)14-6-2-1-4-12(14)13(15(21)24)8-10-9-23-16-11(10)5-3-7-22-16/h1-9H,(H2,21,24)(H,22,23)/b13-8+. The molecule has 3 N–H and O–H groups in total. The van der Waals surface area contributed by atoms with E-state index in [4.69, 9.17) is 5.73 Å². The Morgan fingerprint density at radius 1 is 1.17 bits per heavy atom. The summed E-state index contributed by atoms with van der Waals surface area (Å²) in [6.45, 7) is 0. The van der Waals surface area contributed by atoms with Crippen LogP contribution in [0.5, 0.6) is 0 Å². The van der Waals surface area contributed by atoms with Gasteiger partial charge in [0.05, 0.1) is 5.56 Å². The number of rotatable bonds is 3. The molecule has 0 atom stereocenters. The number of alkyl halides is 3. The lowest BCUT2D eigenvalue weighted by atomic mass is 9.97. The van der Waals surface area contributed by atoms with Crippen LogP contribution < -0.4 is 5.73 Å². The van der Waals surface area contributed by atoms with Crippen molar-refractivity contribution in [3.63, 3.8) is 0 Å². The monoisotopic (exact) mass is 331 g/mol. The van der Waals surface area contributed by atoms with Crippen LogP contribution in [0.3, 0.4) is 0 Å². The average Bonchev–Trinajstić information content (AvgIpc) is 2.94. The van der Waals surface area contributed by atoms with E-state index in [0.29, 0.717) is 16.6 Å². The molecule has 0 aliphatic rings. The molecule has 3 rings (SSSR count). The lowest BCUT2D eigenvalue weighted by Crippen LogP contribution is -2.17. The molecule has 24 heavy (non-hydrogen) atoms. The lowest BCUT2D eigenvalue weighted by Gasteiger charge is -2.13. The number of halogens is 3. The van der Waals surface area contributed by atoms with Gasteiger partial charge in [0, 0.05) is 28.9 Å². The van der Waals surface area contributed by atoms with Gasteiger partial charge in [-0.1, -0.05) is 18.2 Å². The van der Waals surface area contributed by atoms with E-state index in [1.54, 1.807) is 24.5 Å². The number of H-pyrrole nitrogens is 1. The lowest BCUT2D eigenvalue weighted by molar-refractivity contribution is -0.137. The summed E-state index contributed by atoms with van der Waals surface area (Å²) in [4.78, 5) is 18.8. The molecular weight excluding hydrogens is 319 g/mol. The molecule has 1 amide bonds. The number of nitrogens with one attached hydrogen (secondary N) is 1. The predicted octanol–water partition coefficient (Wildman–Crippen LogP) is 3.61. The maximum Gasteiger partial charge on any atom is 0.417 e. The summed E-state index contributed by atoms with van der Waals surface area (Å²) in [5.74, 6) is -0.940. The maximum absolute atomic E-state index is 13.2. The Hall–Kier alpha value is -3.09. The molecule has 0 saturated carbocycles. The van der Waals surface area contributed by atoms with Crippen LogP contribution in [0.2, 0.25) is 0 Å². The fraction of sp³-hybridized carbons (Fsp3) is 0.0588. The van der Waals surface area contributed by atoms with E-state index in [9.17, 15) is 18.0 Å². The molecule has 1 aromatic carbocycles. The van der Waals surface area contributed by atoms with Gasteiger partial charge in [-0.2, -0.15) is 13.2 Å². The number of carbonyl (C=O) groups is 1. The summed E-state index contributed by atoms with van der Waals surface area (Å²) < 4.78 is 39.6. The van der Waals surface area contributed by atoms with Gasteiger partial charge in [-0.25, -0.2) is 4.98 Å². The third kappa shape index (κ3) is 2.88. The van der Waals surface area contributed by atoms with Crippen LogP contribution in [0.25, 0.3) is 22.7 Å². The van der Waals surface area contributed by atoms with Crippen LogP contribution in [-0.2, 0) is 11.0 Å². The Balaban J connectivity index is 2.21. The molecule has 4 nitrogen and oxygen atoms in total. The zero-order valence-electron chi connectivity index (χ0n) is 12.3. The minimum Gasteiger partial charge on any atom is -0.366 e. The van der Waals surface area contributed by atoms with E-state index in [0.717, 1.165) is 6.07 Å². The average molecular weight is 331 g/mol. The Bertz CT molecular complexity index is 941. The van der Waals surface area contributed by atoms with Gasteiger partial charge in [0.1, 0.15) is 5.65 Å². The van der Waals surface area contributed by atoms with Gasteiger partial charge < -0.3 is 10.7 Å². The highest BCUT2D eigenvalue weighted by molar-refractivity contribution is 6.24. The number of fused-ring (bicyclic) bond motifs is 1. The Labute approximate surface area is 134 Å². The zero-order chi connectivity index (χ0) is 17.3. The number of nitrogens with two attached hydrogens (primary N) is 1. The molecule has 0 radical (unpaired) electrons. The highest BCUT2D eigenvalue weighted by Crippen LogP contribution is 2.35. The summed E-state index contributed by atoms with van der Waals surface area (Å²) in [5, 5.41) is 0.681. The largest absolute Gasteiger partial charge is 0.417 e. The molecule has 3 aromatic rings. The molecule has 0 aliphatic carbocycles. The van der Waals surface area contributed by atoms with Crippen molar-refractivity contribution in [3.8, 4) is 0 Å². The first-order chi connectivity index (χ1) is 11.4. The number of nitrogens with zero attached hydrogens (tertiary/aromatic N) is 1. The van der Waals surface area contributed by atoms with Gasteiger partial charge in [0.2, 0.25) is 5.91 Å². The number of hydrogen-bond donors (Lipinski definition) is 2. The van der Waals surface area contributed by atoms with Crippen molar-refractivity contribution in [3.05, 3.63) is 65.5 Å². The molecule has 0 unspecified atom stereocenters. The van der Waals surface area contributed by atoms with Crippen LogP contribution >= 0.6 is 0 Å². The minimum atomic E-state index is -4.59. The van der Waals surface area contributed by atoms with Crippen molar-refractivity contribution in [2.45, 2.75) is 6.18 Å². The van der Waals surface area contributed by atoms with Crippen molar-refractivity contribution in [2.75, 3.05) is 0 Å². The fourth-order valence-electron chi connectivity index (χ4n) is 2.50. The molecule has 0 bridgehead atoms. The number of aromatic nitrogens is 2. The minimum absolute atomic E-state index is 0.215. The molecular formula is C17H12F3N3O. The highest BCUT2D eigenvalue weighted by atomic mass is 19.4. The van der Waals surface area contributed by atoms with Crippen LogP contribution in [0.1, 0.15) is 16.7 Å². The van der Waals surface area contributed by atoms with Crippen LogP contribution in [0.15, 0.2) is 48.8 Å². The molecule has 0 fully saturated rings. The Morgan fingerprint density at radius 2 is 1.92 bits per heavy atom. The van der Waals surface area contributed by atoms with Crippen molar-refractivity contribution in [2.24, 2.45) is 5.73 Å². The molecule has 0 aliphatic heterocycles. The van der Waals surface area contributed by atoms with E-state index in [2.05, 4.69) is 9.97 Å². The van der Waals surface area contributed by atoms with Crippen LogP contribution in [0.4, 0.5) is 13.2 Å². The Kier molecular flexibility index (Phi) is 3.84. The third-order valence-corrected chi connectivity index (χ3v) is 3.57.